The lowest BCUT2D eigenvalue weighted by molar-refractivity contribution is -0.117. The van der Waals surface area contributed by atoms with Gasteiger partial charge >= 0.3 is 5.69 Å². The van der Waals surface area contributed by atoms with Crippen LogP contribution in [0.1, 0.15) is 13.3 Å². The molecule has 2 aromatic carbocycles. The maximum absolute atomic E-state index is 13.1. The van der Waals surface area contributed by atoms with Crippen LogP contribution in [-0.4, -0.2) is 24.7 Å². The molecule has 0 radical (unpaired) electrons. The minimum absolute atomic E-state index is 0.0390. The number of carbonyl (C=O) groups excluding carboxylic acids is 1. The summed E-state index contributed by atoms with van der Waals surface area (Å²) in [5.74, 6) is -0.380. The van der Waals surface area contributed by atoms with Gasteiger partial charge in [0, 0.05) is 30.5 Å². The van der Waals surface area contributed by atoms with Crippen LogP contribution in [-0.2, 0) is 17.9 Å². The zero-order chi connectivity index (χ0) is 22.9. The predicted molar refractivity (Wildman–Crippen MR) is 130 cm³/mol. The third kappa shape index (κ3) is 3.66. The zero-order valence-electron chi connectivity index (χ0n) is 17.9. The molecule has 0 atom stereocenters. The molecule has 1 amide bonds. The van der Waals surface area contributed by atoms with E-state index in [0.717, 1.165) is 26.8 Å². The Labute approximate surface area is 192 Å². The van der Waals surface area contributed by atoms with Crippen LogP contribution in [0.3, 0.4) is 0 Å². The van der Waals surface area contributed by atoms with Gasteiger partial charge in [-0.2, -0.15) is 0 Å². The van der Waals surface area contributed by atoms with Crippen LogP contribution in [0, 0.1) is 0 Å². The van der Waals surface area contributed by atoms with E-state index >= 15 is 0 Å². The second kappa shape index (κ2) is 8.51. The molecule has 0 saturated carbocycles. The Kier molecular flexibility index (Phi) is 5.39. The van der Waals surface area contributed by atoms with E-state index < -0.39 is 0 Å². The highest BCUT2D eigenvalue weighted by Crippen LogP contribution is 2.30. The van der Waals surface area contributed by atoms with Gasteiger partial charge < -0.3 is 0 Å². The van der Waals surface area contributed by atoms with Crippen molar-refractivity contribution >= 4 is 38.5 Å². The van der Waals surface area contributed by atoms with Gasteiger partial charge in [-0.05, 0) is 24.6 Å². The molecule has 0 aliphatic rings. The number of nitrogens with one attached hydrogen (secondary N) is 1. The van der Waals surface area contributed by atoms with E-state index in [-0.39, 0.29) is 30.1 Å². The van der Waals surface area contributed by atoms with Crippen molar-refractivity contribution in [2.24, 2.45) is 0 Å². The molecule has 0 bridgehead atoms. The molecule has 0 aliphatic heterocycles. The molecular formula is C24H21N5O3S. The van der Waals surface area contributed by atoms with Crippen molar-refractivity contribution < 1.29 is 4.79 Å². The van der Waals surface area contributed by atoms with Crippen LogP contribution < -0.4 is 16.7 Å². The van der Waals surface area contributed by atoms with E-state index in [0.29, 0.717) is 16.8 Å². The van der Waals surface area contributed by atoms with Crippen molar-refractivity contribution in [1.29, 1.82) is 0 Å². The number of aromatic nitrogens is 4. The lowest BCUT2D eigenvalue weighted by Crippen LogP contribution is -2.34. The maximum atomic E-state index is 13.1. The molecule has 3 aromatic heterocycles. The van der Waals surface area contributed by atoms with Crippen molar-refractivity contribution in [3.8, 4) is 11.1 Å². The number of aryl methyl sites for hydroxylation is 2. The fourth-order valence-electron chi connectivity index (χ4n) is 4.04. The highest BCUT2D eigenvalue weighted by atomic mass is 32.1. The van der Waals surface area contributed by atoms with E-state index in [1.165, 1.54) is 17.7 Å². The summed E-state index contributed by atoms with van der Waals surface area (Å²) in [6, 6.07) is 17.1. The monoisotopic (exact) mass is 459 g/mol. The number of fused-ring (bicyclic) bond motifs is 2. The van der Waals surface area contributed by atoms with Crippen LogP contribution >= 0.6 is 11.3 Å². The molecule has 0 saturated heterocycles. The second-order valence-corrected chi connectivity index (χ2v) is 8.43. The summed E-state index contributed by atoms with van der Waals surface area (Å²) >= 11 is 1.39. The molecule has 9 heteroatoms. The van der Waals surface area contributed by atoms with Gasteiger partial charge in [0.1, 0.15) is 11.2 Å². The average Bonchev–Trinajstić information content (AvgIpc) is 3.39. The first-order valence-corrected chi connectivity index (χ1v) is 11.5. The van der Waals surface area contributed by atoms with E-state index in [9.17, 15) is 14.4 Å². The number of nitrogens with zero attached hydrogens (tertiary/aromatic N) is 4. The lowest BCUT2D eigenvalue weighted by atomic mass is 10.1. The van der Waals surface area contributed by atoms with Gasteiger partial charge in [-0.3, -0.25) is 24.1 Å². The van der Waals surface area contributed by atoms with Crippen molar-refractivity contribution in [1.82, 2.24) is 18.8 Å². The summed E-state index contributed by atoms with van der Waals surface area (Å²) < 4.78 is 4.38. The number of hydrogen-bond acceptors (Lipinski definition) is 5. The van der Waals surface area contributed by atoms with Crippen molar-refractivity contribution in [3.05, 3.63) is 87.1 Å². The summed E-state index contributed by atoms with van der Waals surface area (Å²) in [6.07, 6.45) is 1.36. The van der Waals surface area contributed by atoms with Crippen LogP contribution in [0.25, 0.3) is 32.4 Å². The quantitative estimate of drug-likeness (QED) is 0.421. The van der Waals surface area contributed by atoms with Gasteiger partial charge in [0.2, 0.25) is 5.91 Å². The highest BCUT2D eigenvalue weighted by Gasteiger charge is 2.16. The largest absolute Gasteiger partial charge is 0.329 e. The van der Waals surface area contributed by atoms with Gasteiger partial charge in [0.15, 0.2) is 0 Å². The van der Waals surface area contributed by atoms with Gasteiger partial charge in [0.25, 0.3) is 5.56 Å². The molecule has 1 N–H and O–H groups in total. The molecule has 0 aliphatic carbocycles. The summed E-state index contributed by atoms with van der Waals surface area (Å²) in [4.78, 5) is 43.5. The molecule has 5 aromatic rings. The van der Waals surface area contributed by atoms with E-state index in [4.69, 9.17) is 0 Å². The van der Waals surface area contributed by atoms with Crippen LogP contribution in [0.15, 0.2) is 75.9 Å². The number of carbonyl (C=O) groups is 1. The molecule has 33 heavy (non-hydrogen) atoms. The standard InChI is InChI=1S/C24H21N5O3S/c1-2-27-18-10-6-7-11-19(18)28(24(27)32)13-12-20(30)26-29-15-25-22-21(23(29)31)17(14-33-22)16-8-4-3-5-9-16/h3-11,14-15H,2,12-13H2,1H3,(H,26,30). The van der Waals surface area contributed by atoms with Crippen LogP contribution in [0.5, 0.6) is 0 Å². The molecule has 0 fully saturated rings. The molecule has 5 rings (SSSR count). The zero-order valence-corrected chi connectivity index (χ0v) is 18.7. The van der Waals surface area contributed by atoms with Crippen molar-refractivity contribution in [3.63, 3.8) is 0 Å². The Morgan fingerprint density at radius 3 is 2.42 bits per heavy atom. The van der Waals surface area contributed by atoms with Crippen LogP contribution in [0.2, 0.25) is 0 Å². The lowest BCUT2D eigenvalue weighted by Gasteiger charge is -2.09. The fraction of sp³-hybridized carbons (Fsp3) is 0.167. The Bertz CT molecular complexity index is 1590. The summed E-state index contributed by atoms with van der Waals surface area (Å²) in [5, 5.41) is 2.37. The van der Waals surface area contributed by atoms with Crippen molar-refractivity contribution in [2.45, 2.75) is 26.4 Å². The smallest absolute Gasteiger partial charge is 0.292 e. The first-order chi connectivity index (χ1) is 16.1. The number of amides is 1. The number of hydrogen-bond donors (Lipinski definition) is 1. The number of rotatable bonds is 6. The first kappa shape index (κ1) is 20.9. The van der Waals surface area contributed by atoms with E-state index in [1.807, 2.05) is 66.9 Å². The Morgan fingerprint density at radius 1 is 1.00 bits per heavy atom. The van der Waals surface area contributed by atoms with Crippen molar-refractivity contribution in [2.75, 3.05) is 5.43 Å². The number of para-hydroxylation sites is 2. The minimum Gasteiger partial charge on any atom is -0.292 e. The maximum Gasteiger partial charge on any atom is 0.329 e. The van der Waals surface area contributed by atoms with Crippen LogP contribution in [0.4, 0.5) is 0 Å². The fourth-order valence-corrected chi connectivity index (χ4v) is 4.95. The SMILES string of the molecule is CCn1c(=O)n(CCC(=O)Nn2cnc3scc(-c4ccccc4)c3c2=O)c2ccccc21. The highest BCUT2D eigenvalue weighted by molar-refractivity contribution is 7.17. The topological polar surface area (TPSA) is 90.9 Å². The van der Waals surface area contributed by atoms with Gasteiger partial charge in [-0.15, -0.1) is 11.3 Å². The molecule has 3 heterocycles. The molecule has 0 spiro atoms. The van der Waals surface area contributed by atoms with E-state index in [2.05, 4.69) is 10.4 Å². The molecule has 0 unspecified atom stereocenters. The summed E-state index contributed by atoms with van der Waals surface area (Å²) in [6.45, 7) is 2.66. The first-order valence-electron chi connectivity index (χ1n) is 10.6. The minimum atomic E-state index is -0.380. The Balaban J connectivity index is 1.40. The molecule has 8 nitrogen and oxygen atoms in total. The third-order valence-electron chi connectivity index (χ3n) is 5.63. The molecular weight excluding hydrogens is 438 g/mol. The van der Waals surface area contributed by atoms with E-state index in [1.54, 1.807) is 9.13 Å². The van der Waals surface area contributed by atoms with Gasteiger partial charge in [0.05, 0.1) is 16.4 Å². The number of thiophene rings is 1. The third-order valence-corrected chi connectivity index (χ3v) is 6.51. The Morgan fingerprint density at radius 2 is 1.70 bits per heavy atom. The van der Waals surface area contributed by atoms with Gasteiger partial charge in [-0.1, -0.05) is 42.5 Å². The Hall–Kier alpha value is -3.98. The normalized spacial score (nSPS) is 11.3. The summed E-state index contributed by atoms with van der Waals surface area (Å²) in [7, 11) is 0. The van der Waals surface area contributed by atoms with Gasteiger partial charge in [-0.25, -0.2) is 14.5 Å². The predicted octanol–water partition coefficient (Wildman–Crippen LogP) is 3.42. The number of benzene rings is 2. The number of imidazole rings is 1. The second-order valence-electron chi connectivity index (χ2n) is 7.57. The average molecular weight is 460 g/mol. The summed E-state index contributed by atoms with van der Waals surface area (Å²) in [5.41, 5.74) is 5.44. The molecule has 166 valence electrons.